The number of halogens is 1. The fourth-order valence-electron chi connectivity index (χ4n) is 1.69. The summed E-state index contributed by atoms with van der Waals surface area (Å²) in [4.78, 5) is 0. The fraction of sp³-hybridized carbons (Fsp3) is 0.500. The second-order valence-corrected chi connectivity index (χ2v) is 4.12. The Kier molecular flexibility index (Phi) is 6.45. The Bertz CT molecular complexity index is 320. The molecule has 1 aliphatic rings. The Balaban J connectivity index is 0.000000386. The zero-order chi connectivity index (χ0) is 11.8. The van der Waals surface area contributed by atoms with Gasteiger partial charge in [0.2, 0.25) is 0 Å². The summed E-state index contributed by atoms with van der Waals surface area (Å²) in [5.41, 5.74) is 3.63. The molecule has 0 saturated heterocycles. The van der Waals surface area contributed by atoms with Crippen molar-refractivity contribution in [2.45, 2.75) is 18.8 Å². The Hall–Kier alpha value is -0.580. The molecule has 0 radical (unpaired) electrons. The number of rotatable bonds is 2. The molecular weight excluding hydrogens is 225 g/mol. The van der Waals surface area contributed by atoms with Crippen LogP contribution in [0.15, 0.2) is 18.2 Å². The van der Waals surface area contributed by atoms with Crippen molar-refractivity contribution in [2.75, 3.05) is 20.7 Å². The van der Waals surface area contributed by atoms with Crippen LogP contribution in [-0.2, 0) is 23.5 Å². The van der Waals surface area contributed by atoms with Crippen molar-refractivity contribution in [1.29, 1.82) is 0 Å². The van der Waals surface area contributed by atoms with E-state index in [-0.39, 0.29) is 0 Å². The molecule has 0 bridgehead atoms. The topological polar surface area (TPSA) is 21.3 Å². The first-order chi connectivity index (χ1) is 7.83. The van der Waals surface area contributed by atoms with E-state index in [1.807, 2.05) is 26.2 Å². The van der Waals surface area contributed by atoms with Crippen LogP contribution in [0.2, 0.25) is 0 Å². The highest BCUT2D eigenvalue weighted by Gasteiger charge is 2.12. The molecule has 0 saturated carbocycles. The largest absolute Gasteiger partial charge is 0.376 e. The Labute approximate surface area is 101 Å². The van der Waals surface area contributed by atoms with Gasteiger partial charge in [-0.2, -0.15) is 3.89 Å². The molecule has 1 aromatic rings. The smallest absolute Gasteiger partial charge is 0.0719 e. The molecule has 4 heteroatoms. The maximum absolute atomic E-state index is 12.1. The summed E-state index contributed by atoms with van der Waals surface area (Å²) < 4.78 is 17.5. The second-order valence-electron chi connectivity index (χ2n) is 3.61. The van der Waals surface area contributed by atoms with Crippen molar-refractivity contribution in [3.8, 4) is 0 Å². The van der Waals surface area contributed by atoms with Gasteiger partial charge in [-0.25, -0.2) is 0 Å². The predicted molar refractivity (Wildman–Crippen MR) is 67.2 cm³/mol. The number of benzene rings is 1. The summed E-state index contributed by atoms with van der Waals surface area (Å²) >= 11 is 0.387. The van der Waals surface area contributed by atoms with Crippen molar-refractivity contribution < 1.29 is 8.62 Å². The molecule has 90 valence electrons. The lowest BCUT2D eigenvalue weighted by Crippen LogP contribution is -2.11. The van der Waals surface area contributed by atoms with Gasteiger partial charge in [-0.1, -0.05) is 18.2 Å². The molecule has 16 heavy (non-hydrogen) atoms. The van der Waals surface area contributed by atoms with E-state index in [0.717, 1.165) is 18.6 Å². The van der Waals surface area contributed by atoms with Crippen LogP contribution in [0.25, 0.3) is 0 Å². The molecule has 2 nitrogen and oxygen atoms in total. The summed E-state index contributed by atoms with van der Waals surface area (Å²) in [5.74, 6) is 0.461. The third-order valence-electron chi connectivity index (χ3n) is 2.33. The van der Waals surface area contributed by atoms with Gasteiger partial charge in [-0.05, 0) is 37.2 Å². The normalized spacial score (nSPS) is 13.7. The number of hydrogen-bond acceptors (Lipinski definition) is 3. The lowest BCUT2D eigenvalue weighted by molar-refractivity contribution is 0.110. The first-order valence-corrected chi connectivity index (χ1v) is 6.21. The quantitative estimate of drug-likeness (QED) is 0.863. The van der Waals surface area contributed by atoms with Crippen molar-refractivity contribution in [3.63, 3.8) is 0 Å². The van der Waals surface area contributed by atoms with Crippen molar-refractivity contribution in [3.05, 3.63) is 34.9 Å². The molecule has 1 aromatic carbocycles. The van der Waals surface area contributed by atoms with Gasteiger partial charge < -0.3 is 10.1 Å². The van der Waals surface area contributed by atoms with Crippen molar-refractivity contribution in [2.24, 2.45) is 0 Å². The van der Waals surface area contributed by atoms with Crippen molar-refractivity contribution >= 4 is 12.1 Å². The minimum atomic E-state index is 0.387. The molecule has 1 aliphatic heterocycles. The highest BCUT2D eigenvalue weighted by atomic mass is 32.2. The van der Waals surface area contributed by atoms with E-state index in [1.54, 1.807) is 0 Å². The second kappa shape index (κ2) is 7.65. The summed E-state index contributed by atoms with van der Waals surface area (Å²) in [6.45, 7) is 1.45. The van der Waals surface area contributed by atoms with Gasteiger partial charge in [0.05, 0.1) is 19.0 Å². The van der Waals surface area contributed by atoms with Crippen molar-refractivity contribution in [1.82, 2.24) is 5.32 Å². The van der Waals surface area contributed by atoms with Gasteiger partial charge in [0, 0.05) is 12.1 Å². The summed E-state index contributed by atoms with van der Waals surface area (Å²) in [5, 5.41) is 2.75. The summed E-state index contributed by atoms with van der Waals surface area (Å²) in [6.07, 6.45) is 0.923. The SMILES string of the molecule is CNC.FSCc1cccc2c1CCOC2. The van der Waals surface area contributed by atoms with E-state index in [0.29, 0.717) is 24.5 Å². The van der Waals surface area contributed by atoms with Gasteiger partial charge in [-0.15, -0.1) is 0 Å². The van der Waals surface area contributed by atoms with Gasteiger partial charge in [0.15, 0.2) is 0 Å². The number of nitrogens with one attached hydrogen (secondary N) is 1. The third kappa shape index (κ3) is 3.77. The van der Waals surface area contributed by atoms with Crippen LogP contribution >= 0.6 is 12.1 Å². The van der Waals surface area contributed by atoms with E-state index in [4.69, 9.17) is 4.74 Å². The van der Waals surface area contributed by atoms with Gasteiger partial charge in [0.25, 0.3) is 0 Å². The van der Waals surface area contributed by atoms with E-state index >= 15 is 0 Å². The van der Waals surface area contributed by atoms with Crippen LogP contribution in [0, 0.1) is 0 Å². The van der Waals surface area contributed by atoms with Crippen LogP contribution in [-0.4, -0.2) is 20.7 Å². The standard InChI is InChI=1S/C10H11FOS.C2H7N/c11-13-7-9-3-1-2-8-6-12-5-4-10(8)9;1-3-2/h1-3H,4-7H2;3H,1-2H3. The molecule has 0 fully saturated rings. The first-order valence-electron chi connectivity index (χ1n) is 5.33. The highest BCUT2D eigenvalue weighted by molar-refractivity contribution is 7.93. The molecule has 0 unspecified atom stereocenters. The molecule has 0 atom stereocenters. The minimum Gasteiger partial charge on any atom is -0.376 e. The number of ether oxygens (including phenoxy) is 1. The molecule has 1 N–H and O–H groups in total. The molecule has 1 heterocycles. The Morgan fingerprint density at radius 3 is 2.88 bits per heavy atom. The zero-order valence-electron chi connectivity index (χ0n) is 9.75. The predicted octanol–water partition coefficient (Wildman–Crippen LogP) is 2.71. The molecule has 2 rings (SSSR count). The van der Waals surface area contributed by atoms with Crippen LogP contribution in [0.4, 0.5) is 3.89 Å². The lowest BCUT2D eigenvalue weighted by Gasteiger charge is -2.18. The lowest BCUT2D eigenvalue weighted by atomic mass is 9.98. The summed E-state index contributed by atoms with van der Waals surface area (Å²) in [7, 11) is 3.75. The van der Waals surface area contributed by atoms with E-state index in [9.17, 15) is 3.89 Å². The Morgan fingerprint density at radius 1 is 1.44 bits per heavy atom. The van der Waals surface area contributed by atoms with E-state index in [1.165, 1.54) is 11.1 Å². The Morgan fingerprint density at radius 2 is 2.19 bits per heavy atom. The van der Waals surface area contributed by atoms with Gasteiger partial charge in [0.1, 0.15) is 0 Å². The molecule has 0 amide bonds. The maximum atomic E-state index is 12.1. The van der Waals surface area contributed by atoms with Crippen LogP contribution in [0.1, 0.15) is 16.7 Å². The van der Waals surface area contributed by atoms with Crippen LogP contribution in [0.5, 0.6) is 0 Å². The average Bonchev–Trinajstić information content (AvgIpc) is 2.31. The third-order valence-corrected chi connectivity index (χ3v) is 2.75. The van der Waals surface area contributed by atoms with E-state index in [2.05, 4.69) is 11.4 Å². The van der Waals surface area contributed by atoms with Gasteiger partial charge >= 0.3 is 0 Å². The minimum absolute atomic E-state index is 0.387. The first kappa shape index (κ1) is 13.5. The average molecular weight is 243 g/mol. The molecule has 0 aromatic heterocycles. The molecular formula is C12H18FNOS. The fourth-order valence-corrected chi connectivity index (χ4v) is 2.08. The maximum Gasteiger partial charge on any atom is 0.0719 e. The van der Waals surface area contributed by atoms with Gasteiger partial charge in [-0.3, -0.25) is 0 Å². The molecule has 0 spiro atoms. The monoisotopic (exact) mass is 243 g/mol. The molecule has 0 aliphatic carbocycles. The zero-order valence-corrected chi connectivity index (χ0v) is 10.6. The van der Waals surface area contributed by atoms with E-state index < -0.39 is 0 Å². The summed E-state index contributed by atoms with van der Waals surface area (Å²) in [6, 6.07) is 6.02. The highest BCUT2D eigenvalue weighted by Crippen LogP contribution is 2.24. The van der Waals surface area contributed by atoms with Crippen LogP contribution < -0.4 is 5.32 Å². The van der Waals surface area contributed by atoms with Crippen LogP contribution in [0.3, 0.4) is 0 Å². The number of fused-ring (bicyclic) bond motifs is 1. The number of hydrogen-bond donors (Lipinski definition) is 1.